The lowest BCUT2D eigenvalue weighted by atomic mass is 10.1. The summed E-state index contributed by atoms with van der Waals surface area (Å²) in [5.74, 6) is 0. The molecule has 0 bridgehead atoms. The highest BCUT2D eigenvalue weighted by Gasteiger charge is 2.01. The molecular formula is C10H21N3. The minimum Gasteiger partial charge on any atom is -0.0906 e. The molecule has 0 spiro atoms. The fourth-order valence-electron chi connectivity index (χ4n) is 1.40. The first-order valence-corrected chi connectivity index (χ1v) is 5.39. The van der Waals surface area contributed by atoms with E-state index in [4.69, 9.17) is 5.53 Å². The Kier molecular flexibility index (Phi) is 8.90. The van der Waals surface area contributed by atoms with E-state index in [-0.39, 0.29) is 6.04 Å². The van der Waals surface area contributed by atoms with Gasteiger partial charge in [-0.3, -0.25) is 0 Å². The Morgan fingerprint density at radius 3 is 2.38 bits per heavy atom. The summed E-state index contributed by atoms with van der Waals surface area (Å²) in [6, 6.07) is 0.228. The summed E-state index contributed by atoms with van der Waals surface area (Å²) in [7, 11) is 0. The van der Waals surface area contributed by atoms with Crippen molar-refractivity contribution >= 4 is 0 Å². The normalized spacial score (nSPS) is 12.2. The highest BCUT2D eigenvalue weighted by Crippen LogP contribution is 2.11. The van der Waals surface area contributed by atoms with Crippen molar-refractivity contribution < 1.29 is 0 Å². The largest absolute Gasteiger partial charge is 0.0906 e. The van der Waals surface area contributed by atoms with Crippen LogP contribution in [0.15, 0.2) is 5.11 Å². The molecule has 1 unspecified atom stereocenters. The number of hydrogen-bond donors (Lipinski definition) is 0. The third-order valence-electron chi connectivity index (χ3n) is 2.33. The number of azide groups is 1. The molecule has 0 aromatic rings. The van der Waals surface area contributed by atoms with Crippen molar-refractivity contribution in [3.8, 4) is 0 Å². The first-order chi connectivity index (χ1) is 6.35. The van der Waals surface area contributed by atoms with Gasteiger partial charge in [0.1, 0.15) is 0 Å². The first kappa shape index (κ1) is 12.3. The molecule has 3 heteroatoms. The van der Waals surface area contributed by atoms with Gasteiger partial charge in [0.05, 0.1) is 0 Å². The molecule has 0 rings (SSSR count). The molecule has 0 amide bonds. The summed E-state index contributed by atoms with van der Waals surface area (Å²) in [5.41, 5.74) is 8.27. The zero-order chi connectivity index (χ0) is 9.94. The van der Waals surface area contributed by atoms with Gasteiger partial charge in [0.25, 0.3) is 0 Å². The Labute approximate surface area is 81.2 Å². The molecule has 0 N–H and O–H groups in total. The van der Waals surface area contributed by atoms with Crippen molar-refractivity contribution in [3.05, 3.63) is 10.4 Å². The van der Waals surface area contributed by atoms with Gasteiger partial charge in [-0.1, -0.05) is 51.1 Å². The molecule has 0 aliphatic carbocycles. The summed E-state index contributed by atoms with van der Waals surface area (Å²) in [4.78, 5) is 2.85. The first-order valence-electron chi connectivity index (χ1n) is 5.39. The van der Waals surface area contributed by atoms with Crippen molar-refractivity contribution in [3.63, 3.8) is 0 Å². The monoisotopic (exact) mass is 183 g/mol. The Hall–Kier alpha value is -0.690. The van der Waals surface area contributed by atoms with E-state index in [2.05, 4.69) is 23.9 Å². The maximum atomic E-state index is 8.27. The molecule has 0 fully saturated rings. The average molecular weight is 183 g/mol. The molecule has 0 aliphatic rings. The maximum absolute atomic E-state index is 8.27. The predicted molar refractivity (Wildman–Crippen MR) is 56.6 cm³/mol. The van der Waals surface area contributed by atoms with Crippen LogP contribution in [-0.4, -0.2) is 6.04 Å². The Morgan fingerprint density at radius 2 is 1.85 bits per heavy atom. The molecule has 0 saturated heterocycles. The lowest BCUT2D eigenvalue weighted by Crippen LogP contribution is -2.00. The fraction of sp³-hybridized carbons (Fsp3) is 1.00. The van der Waals surface area contributed by atoms with Crippen molar-refractivity contribution in [2.75, 3.05) is 0 Å². The number of rotatable bonds is 8. The van der Waals surface area contributed by atoms with Crippen LogP contribution in [0.2, 0.25) is 0 Å². The summed E-state index contributed by atoms with van der Waals surface area (Å²) in [6.07, 6.45) is 8.46. The lowest BCUT2D eigenvalue weighted by Gasteiger charge is -2.06. The zero-order valence-electron chi connectivity index (χ0n) is 8.87. The second-order valence-electron chi connectivity index (χ2n) is 3.47. The standard InChI is InChI=1S/C10H21N3/c1-3-5-6-7-8-9-10(4-2)12-13-11/h10H,3-9H2,1-2H3. The van der Waals surface area contributed by atoms with Gasteiger partial charge in [0, 0.05) is 11.0 Å². The maximum Gasteiger partial charge on any atom is 0.0371 e. The van der Waals surface area contributed by atoms with Crippen molar-refractivity contribution in [1.82, 2.24) is 0 Å². The van der Waals surface area contributed by atoms with Gasteiger partial charge in [0.2, 0.25) is 0 Å². The third-order valence-corrected chi connectivity index (χ3v) is 2.33. The summed E-state index contributed by atoms with van der Waals surface area (Å²) < 4.78 is 0. The van der Waals surface area contributed by atoms with Crippen molar-refractivity contribution in [2.24, 2.45) is 5.11 Å². The van der Waals surface area contributed by atoms with Crippen LogP contribution in [0.25, 0.3) is 10.4 Å². The smallest absolute Gasteiger partial charge is 0.0371 e. The van der Waals surface area contributed by atoms with E-state index in [1.54, 1.807) is 0 Å². The van der Waals surface area contributed by atoms with Gasteiger partial charge < -0.3 is 0 Å². The van der Waals surface area contributed by atoms with Crippen molar-refractivity contribution in [1.29, 1.82) is 0 Å². The molecule has 13 heavy (non-hydrogen) atoms. The van der Waals surface area contributed by atoms with E-state index in [0.717, 1.165) is 12.8 Å². The van der Waals surface area contributed by atoms with Crippen molar-refractivity contribution in [2.45, 2.75) is 64.8 Å². The summed E-state index contributed by atoms with van der Waals surface area (Å²) in [5, 5.41) is 3.74. The van der Waals surface area contributed by atoms with Crippen LogP contribution in [-0.2, 0) is 0 Å². The Balaban J connectivity index is 3.33. The topological polar surface area (TPSA) is 48.8 Å². The third kappa shape index (κ3) is 7.66. The second-order valence-corrected chi connectivity index (χ2v) is 3.47. The molecular weight excluding hydrogens is 162 g/mol. The Morgan fingerprint density at radius 1 is 1.15 bits per heavy atom. The van der Waals surface area contributed by atoms with E-state index < -0.39 is 0 Å². The van der Waals surface area contributed by atoms with E-state index in [9.17, 15) is 0 Å². The van der Waals surface area contributed by atoms with Crippen LogP contribution in [0.5, 0.6) is 0 Å². The lowest BCUT2D eigenvalue weighted by molar-refractivity contribution is 0.529. The molecule has 0 radical (unpaired) electrons. The molecule has 0 saturated carbocycles. The minimum atomic E-state index is 0.228. The van der Waals surface area contributed by atoms with E-state index in [1.807, 2.05) is 0 Å². The van der Waals surface area contributed by atoms with Gasteiger partial charge in [-0.25, -0.2) is 0 Å². The zero-order valence-corrected chi connectivity index (χ0v) is 8.87. The molecule has 76 valence electrons. The predicted octanol–water partition coefficient (Wildman–Crippen LogP) is 4.44. The molecule has 0 aliphatic heterocycles. The van der Waals surface area contributed by atoms with Gasteiger partial charge in [-0.05, 0) is 18.4 Å². The number of unbranched alkanes of at least 4 members (excludes halogenated alkanes) is 4. The van der Waals surface area contributed by atoms with Crippen LogP contribution in [0, 0.1) is 0 Å². The van der Waals surface area contributed by atoms with E-state index >= 15 is 0 Å². The fourth-order valence-corrected chi connectivity index (χ4v) is 1.40. The minimum absolute atomic E-state index is 0.228. The van der Waals surface area contributed by atoms with Crippen LogP contribution in [0.1, 0.15) is 58.8 Å². The van der Waals surface area contributed by atoms with Gasteiger partial charge in [0.15, 0.2) is 0 Å². The van der Waals surface area contributed by atoms with Crippen LogP contribution >= 0.6 is 0 Å². The highest BCUT2D eigenvalue weighted by molar-refractivity contribution is 4.64. The Bertz CT molecular complexity index is 150. The van der Waals surface area contributed by atoms with Crippen LogP contribution in [0.3, 0.4) is 0 Å². The molecule has 0 aromatic carbocycles. The number of nitrogens with zero attached hydrogens (tertiary/aromatic N) is 3. The molecule has 1 atom stereocenters. The SMILES string of the molecule is CCCCCCCC(CC)N=[N+]=[N-]. The van der Waals surface area contributed by atoms with E-state index in [1.165, 1.54) is 32.1 Å². The second kappa shape index (κ2) is 9.40. The average Bonchev–Trinajstić information content (AvgIpc) is 2.16. The molecule has 0 heterocycles. The highest BCUT2D eigenvalue weighted by atomic mass is 15.1. The summed E-state index contributed by atoms with van der Waals surface area (Å²) in [6.45, 7) is 4.29. The molecule has 3 nitrogen and oxygen atoms in total. The van der Waals surface area contributed by atoms with E-state index in [0.29, 0.717) is 0 Å². The number of hydrogen-bond acceptors (Lipinski definition) is 1. The van der Waals surface area contributed by atoms with Crippen LogP contribution in [0.4, 0.5) is 0 Å². The summed E-state index contributed by atoms with van der Waals surface area (Å²) >= 11 is 0. The van der Waals surface area contributed by atoms with Gasteiger partial charge in [-0.15, -0.1) is 0 Å². The van der Waals surface area contributed by atoms with Crippen LogP contribution < -0.4 is 0 Å². The van der Waals surface area contributed by atoms with Gasteiger partial charge in [-0.2, -0.15) is 0 Å². The quantitative estimate of drug-likeness (QED) is 0.231. The van der Waals surface area contributed by atoms with Gasteiger partial charge >= 0.3 is 0 Å². The molecule has 0 aromatic heterocycles.